The average Bonchev–Trinajstić information content (AvgIpc) is 2.94. The zero-order chi connectivity index (χ0) is 19.2. The zero-order valence-corrected chi connectivity index (χ0v) is 16.6. The first-order valence-corrected chi connectivity index (χ1v) is 10.7. The van der Waals surface area contributed by atoms with Crippen molar-refractivity contribution >= 4 is 15.9 Å². The van der Waals surface area contributed by atoms with Gasteiger partial charge in [0, 0.05) is 25.7 Å². The van der Waals surface area contributed by atoms with E-state index in [4.69, 9.17) is 4.74 Å². The molecule has 1 aromatic rings. The molecule has 0 spiro atoms. The number of carbonyl (C=O) groups is 1. The molecule has 8 heteroatoms. The largest absolute Gasteiger partial charge is 0.497 e. The van der Waals surface area contributed by atoms with Gasteiger partial charge in [-0.05, 0) is 44.6 Å². The number of hydrogen-bond donors (Lipinski definition) is 1. The maximum atomic E-state index is 12.6. The first kappa shape index (κ1) is 20.5. The second-order valence-electron chi connectivity index (χ2n) is 6.89. The number of nitrogens with zero attached hydrogens (tertiary/aromatic N) is 2. The van der Waals surface area contributed by atoms with Crippen LogP contribution in [0.2, 0.25) is 0 Å². The van der Waals surface area contributed by atoms with Crippen molar-refractivity contribution in [2.24, 2.45) is 0 Å². The van der Waals surface area contributed by atoms with E-state index in [0.717, 1.165) is 11.3 Å². The third-order valence-electron chi connectivity index (χ3n) is 4.52. The number of likely N-dealkylation sites (N-methyl/N-ethyl adjacent to an activating group) is 1. The van der Waals surface area contributed by atoms with Gasteiger partial charge in [-0.15, -0.1) is 0 Å². The van der Waals surface area contributed by atoms with E-state index < -0.39 is 9.84 Å². The summed E-state index contributed by atoms with van der Waals surface area (Å²) in [7, 11) is 2.46. The van der Waals surface area contributed by atoms with Crippen molar-refractivity contribution < 1.29 is 17.9 Å². The van der Waals surface area contributed by atoms with Crippen LogP contribution in [-0.4, -0.2) is 82.6 Å². The van der Waals surface area contributed by atoms with Gasteiger partial charge in [0.05, 0.1) is 18.6 Å². The summed E-state index contributed by atoms with van der Waals surface area (Å²) in [6, 6.07) is 7.30. The van der Waals surface area contributed by atoms with Gasteiger partial charge in [0.15, 0.2) is 9.84 Å². The van der Waals surface area contributed by atoms with Crippen LogP contribution >= 0.6 is 0 Å². The highest BCUT2D eigenvalue weighted by atomic mass is 32.2. The molecule has 1 atom stereocenters. The van der Waals surface area contributed by atoms with E-state index in [1.807, 2.05) is 43.3 Å². The maximum absolute atomic E-state index is 12.6. The number of hydrogen-bond acceptors (Lipinski definition) is 5. The summed E-state index contributed by atoms with van der Waals surface area (Å²) in [6.07, 6.45) is 1.20. The minimum Gasteiger partial charge on any atom is -0.497 e. The Balaban J connectivity index is 1.92. The highest BCUT2D eigenvalue weighted by molar-refractivity contribution is 7.91. The summed E-state index contributed by atoms with van der Waals surface area (Å²) in [4.78, 5) is 16.3. The lowest BCUT2D eigenvalue weighted by Gasteiger charge is -2.29. The van der Waals surface area contributed by atoms with Crippen molar-refractivity contribution in [2.75, 3.05) is 52.3 Å². The predicted octanol–water partition coefficient (Wildman–Crippen LogP) is 0.998. The Morgan fingerprint density at radius 2 is 2.08 bits per heavy atom. The van der Waals surface area contributed by atoms with Gasteiger partial charge in [0.1, 0.15) is 5.75 Å². The van der Waals surface area contributed by atoms with Crippen LogP contribution in [-0.2, 0) is 16.3 Å². The van der Waals surface area contributed by atoms with E-state index in [1.54, 1.807) is 12.0 Å². The third-order valence-corrected chi connectivity index (χ3v) is 6.27. The Labute approximate surface area is 156 Å². The van der Waals surface area contributed by atoms with Crippen LogP contribution in [0.15, 0.2) is 24.3 Å². The second-order valence-corrected chi connectivity index (χ2v) is 9.12. The Kier molecular flexibility index (Phi) is 7.28. The normalized spacial score (nSPS) is 18.7. The van der Waals surface area contributed by atoms with Crippen LogP contribution in [0.4, 0.5) is 4.79 Å². The van der Waals surface area contributed by atoms with Gasteiger partial charge in [-0.1, -0.05) is 12.1 Å². The van der Waals surface area contributed by atoms with Crippen molar-refractivity contribution in [1.29, 1.82) is 0 Å². The van der Waals surface area contributed by atoms with E-state index in [2.05, 4.69) is 5.32 Å². The molecule has 7 nitrogen and oxygen atoms in total. The molecule has 0 bridgehead atoms. The average molecular weight is 384 g/mol. The number of rotatable bonds is 8. The molecule has 1 heterocycles. The Morgan fingerprint density at radius 3 is 2.69 bits per heavy atom. The molecule has 1 aliphatic heterocycles. The first-order valence-electron chi connectivity index (χ1n) is 8.83. The molecule has 26 heavy (non-hydrogen) atoms. The van der Waals surface area contributed by atoms with Gasteiger partial charge in [0.2, 0.25) is 0 Å². The van der Waals surface area contributed by atoms with Crippen molar-refractivity contribution in [3.05, 3.63) is 29.8 Å². The zero-order valence-electron chi connectivity index (χ0n) is 15.8. The lowest BCUT2D eigenvalue weighted by atomic mass is 10.1. The molecule has 1 saturated heterocycles. The SMILES string of the molecule is COc1cccc(CCNC(=O)N(CCN(C)C)C2CCS(=O)(=O)C2)c1. The number of benzene rings is 1. The van der Waals surface area contributed by atoms with Crippen molar-refractivity contribution in [1.82, 2.24) is 15.1 Å². The topological polar surface area (TPSA) is 79.0 Å². The summed E-state index contributed by atoms with van der Waals surface area (Å²) < 4.78 is 28.8. The van der Waals surface area contributed by atoms with Gasteiger partial charge >= 0.3 is 6.03 Å². The molecular formula is C18H29N3O4S. The van der Waals surface area contributed by atoms with Crippen LogP contribution in [0.5, 0.6) is 5.75 Å². The van der Waals surface area contributed by atoms with Crippen molar-refractivity contribution in [3.8, 4) is 5.75 Å². The molecule has 0 saturated carbocycles. The smallest absolute Gasteiger partial charge is 0.317 e. The number of methoxy groups -OCH3 is 1. The molecule has 1 unspecified atom stereocenters. The summed E-state index contributed by atoms with van der Waals surface area (Å²) in [5.41, 5.74) is 1.08. The molecule has 2 amide bonds. The highest BCUT2D eigenvalue weighted by Gasteiger charge is 2.34. The molecule has 1 aromatic carbocycles. The fraction of sp³-hybridized carbons (Fsp3) is 0.611. The fourth-order valence-corrected chi connectivity index (χ4v) is 4.75. The molecule has 0 radical (unpaired) electrons. The van der Waals surface area contributed by atoms with Gasteiger partial charge < -0.3 is 19.9 Å². The monoisotopic (exact) mass is 383 g/mol. The highest BCUT2D eigenvalue weighted by Crippen LogP contribution is 2.18. The van der Waals surface area contributed by atoms with Gasteiger partial charge in [-0.3, -0.25) is 0 Å². The fourth-order valence-electron chi connectivity index (χ4n) is 3.02. The lowest BCUT2D eigenvalue weighted by molar-refractivity contribution is 0.173. The molecule has 0 aliphatic carbocycles. The number of amides is 2. The molecule has 1 aliphatic rings. The minimum absolute atomic E-state index is 0.0593. The Morgan fingerprint density at radius 1 is 1.31 bits per heavy atom. The second kappa shape index (κ2) is 9.23. The number of sulfone groups is 1. The van der Waals surface area contributed by atoms with E-state index in [-0.39, 0.29) is 23.6 Å². The molecule has 1 N–H and O–H groups in total. The van der Waals surface area contributed by atoms with Crippen LogP contribution in [0.25, 0.3) is 0 Å². The van der Waals surface area contributed by atoms with E-state index >= 15 is 0 Å². The molecular weight excluding hydrogens is 354 g/mol. The van der Waals surface area contributed by atoms with Gasteiger partial charge in [-0.25, -0.2) is 13.2 Å². The molecule has 0 aromatic heterocycles. The standard InChI is InChI=1S/C18H29N3O4S/c1-20(2)10-11-21(16-8-12-26(23,24)14-16)18(22)19-9-7-15-5-4-6-17(13-15)25-3/h4-6,13,16H,7-12,14H2,1-3H3,(H,19,22). The summed E-state index contributed by atoms with van der Waals surface area (Å²) in [5, 5.41) is 2.93. The summed E-state index contributed by atoms with van der Waals surface area (Å²) in [6.45, 7) is 1.70. The number of urea groups is 1. The van der Waals surface area contributed by atoms with Crippen LogP contribution in [0.3, 0.4) is 0 Å². The van der Waals surface area contributed by atoms with Gasteiger partial charge in [0.25, 0.3) is 0 Å². The third kappa shape index (κ3) is 6.17. The minimum atomic E-state index is -3.03. The number of carbonyl (C=O) groups excluding carboxylic acids is 1. The summed E-state index contributed by atoms with van der Waals surface area (Å²) in [5.74, 6) is 1.01. The van der Waals surface area contributed by atoms with E-state index in [0.29, 0.717) is 32.5 Å². The predicted molar refractivity (Wildman–Crippen MR) is 102 cm³/mol. The van der Waals surface area contributed by atoms with Crippen molar-refractivity contribution in [3.63, 3.8) is 0 Å². The van der Waals surface area contributed by atoms with E-state index in [9.17, 15) is 13.2 Å². The summed E-state index contributed by atoms with van der Waals surface area (Å²) >= 11 is 0. The Hall–Kier alpha value is -1.80. The van der Waals surface area contributed by atoms with Crippen LogP contribution in [0.1, 0.15) is 12.0 Å². The van der Waals surface area contributed by atoms with Gasteiger partial charge in [-0.2, -0.15) is 0 Å². The van der Waals surface area contributed by atoms with Crippen molar-refractivity contribution in [2.45, 2.75) is 18.9 Å². The maximum Gasteiger partial charge on any atom is 0.317 e. The molecule has 146 valence electrons. The Bertz CT molecular complexity index is 706. The first-order chi connectivity index (χ1) is 12.3. The van der Waals surface area contributed by atoms with Crippen LogP contribution < -0.4 is 10.1 Å². The lowest BCUT2D eigenvalue weighted by Crippen LogP contribution is -2.49. The van der Waals surface area contributed by atoms with Crippen LogP contribution in [0, 0.1) is 0 Å². The quantitative estimate of drug-likeness (QED) is 0.724. The number of nitrogens with one attached hydrogen (secondary N) is 1. The van der Waals surface area contributed by atoms with E-state index in [1.165, 1.54) is 0 Å². The molecule has 1 fully saturated rings. The molecule has 2 rings (SSSR count). The number of ether oxygens (including phenoxy) is 1.